The molecule has 0 aromatic heterocycles. The van der Waals surface area contributed by atoms with E-state index < -0.39 is 73.9 Å². The molecule has 2 aliphatic rings. The van der Waals surface area contributed by atoms with Crippen LogP contribution in [0.25, 0.3) is 0 Å². The Morgan fingerprint density at radius 2 is 1.52 bits per heavy atom. The summed E-state index contributed by atoms with van der Waals surface area (Å²) in [5, 5.41) is 60.1. The maximum Gasteiger partial charge on any atom is 0.187 e. The van der Waals surface area contributed by atoms with Crippen LogP contribution in [0.1, 0.15) is 27.2 Å². The third-order valence-corrected chi connectivity index (χ3v) is 5.18. The third-order valence-electron chi connectivity index (χ3n) is 5.18. The number of ether oxygens (including phenoxy) is 4. The van der Waals surface area contributed by atoms with Crippen LogP contribution >= 0.6 is 0 Å². The van der Waals surface area contributed by atoms with E-state index >= 15 is 0 Å². The van der Waals surface area contributed by atoms with Gasteiger partial charge in [-0.05, 0) is 20.3 Å². The maximum absolute atomic E-state index is 10.6. The fourth-order valence-corrected chi connectivity index (χ4v) is 3.10. The van der Waals surface area contributed by atoms with Crippen LogP contribution in [0.3, 0.4) is 0 Å². The second-order valence-corrected chi connectivity index (χ2v) is 7.62. The summed E-state index contributed by atoms with van der Waals surface area (Å²) in [5.74, 6) is 0. The minimum absolute atomic E-state index is 0.176. The molecular weight excluding hydrogens is 364 g/mol. The van der Waals surface area contributed by atoms with Gasteiger partial charge in [0.15, 0.2) is 6.29 Å². The van der Waals surface area contributed by atoms with Crippen LogP contribution in [0.2, 0.25) is 0 Å². The zero-order valence-corrected chi connectivity index (χ0v) is 15.8. The first kappa shape index (κ1) is 22.9. The van der Waals surface area contributed by atoms with Crippen molar-refractivity contribution in [3.8, 4) is 0 Å². The molecular formula is C17H32O10. The second-order valence-electron chi connectivity index (χ2n) is 7.62. The predicted octanol–water partition coefficient (Wildman–Crippen LogP) is -2.50. The number of aliphatic hydroxyl groups excluding tert-OH is 6. The minimum atomic E-state index is -1.44. The molecule has 10 nitrogen and oxygen atoms in total. The summed E-state index contributed by atoms with van der Waals surface area (Å²) in [5.41, 5.74) is -0.659. The van der Waals surface area contributed by atoms with Crippen LogP contribution in [0.15, 0.2) is 0 Å². The van der Waals surface area contributed by atoms with E-state index in [0.717, 1.165) is 0 Å². The quantitative estimate of drug-likeness (QED) is 0.272. The van der Waals surface area contributed by atoms with Gasteiger partial charge >= 0.3 is 0 Å². The molecule has 0 spiro atoms. The highest BCUT2D eigenvalue weighted by molar-refractivity contribution is 4.94. The van der Waals surface area contributed by atoms with Gasteiger partial charge in [-0.25, -0.2) is 0 Å². The van der Waals surface area contributed by atoms with Crippen molar-refractivity contribution in [3.63, 3.8) is 0 Å². The van der Waals surface area contributed by atoms with Gasteiger partial charge in [0, 0.05) is 0 Å². The Bertz CT molecular complexity index is 461. The fraction of sp³-hybridized carbons (Fsp3) is 1.00. The normalized spacial score (nSPS) is 43.7. The van der Waals surface area contributed by atoms with Crippen LogP contribution in [0.4, 0.5) is 0 Å². The molecule has 0 bridgehead atoms. The number of hydrogen-bond acceptors (Lipinski definition) is 10. The molecule has 0 aromatic carbocycles. The highest BCUT2D eigenvalue weighted by Crippen LogP contribution is 2.31. The monoisotopic (exact) mass is 396 g/mol. The average Bonchev–Trinajstić information content (AvgIpc) is 2.64. The van der Waals surface area contributed by atoms with E-state index in [1.54, 1.807) is 13.8 Å². The molecule has 9 atom stereocenters. The van der Waals surface area contributed by atoms with E-state index in [1.165, 1.54) is 0 Å². The molecule has 0 amide bonds. The van der Waals surface area contributed by atoms with Crippen LogP contribution in [-0.4, -0.2) is 111 Å². The molecule has 0 radical (unpaired) electrons. The lowest BCUT2D eigenvalue weighted by atomic mass is 9.96. The molecule has 2 aliphatic heterocycles. The van der Waals surface area contributed by atoms with Gasteiger partial charge < -0.3 is 49.6 Å². The van der Waals surface area contributed by atoms with Gasteiger partial charge in [0.2, 0.25) is 0 Å². The van der Waals surface area contributed by atoms with Gasteiger partial charge in [0.1, 0.15) is 48.8 Å². The van der Waals surface area contributed by atoms with Gasteiger partial charge in [-0.2, -0.15) is 0 Å². The lowest BCUT2D eigenvalue weighted by Crippen LogP contribution is -2.64. The van der Waals surface area contributed by atoms with Crippen molar-refractivity contribution in [1.29, 1.82) is 0 Å². The minimum Gasteiger partial charge on any atom is -0.394 e. The van der Waals surface area contributed by atoms with Crippen molar-refractivity contribution in [2.45, 2.75) is 87.9 Å². The van der Waals surface area contributed by atoms with E-state index in [1.807, 2.05) is 6.92 Å². The van der Waals surface area contributed by atoms with Crippen molar-refractivity contribution in [1.82, 2.24) is 0 Å². The first-order valence-corrected chi connectivity index (χ1v) is 9.19. The summed E-state index contributed by atoms with van der Waals surface area (Å²) in [6.45, 7) is 4.28. The van der Waals surface area contributed by atoms with Crippen molar-refractivity contribution in [2.75, 3.05) is 19.8 Å². The lowest BCUT2D eigenvalue weighted by molar-refractivity contribution is -0.346. The Balaban J connectivity index is 2.17. The summed E-state index contributed by atoms with van der Waals surface area (Å²) in [4.78, 5) is 0. The van der Waals surface area contributed by atoms with E-state index in [9.17, 15) is 30.6 Å². The van der Waals surface area contributed by atoms with Gasteiger partial charge in [0.05, 0.1) is 25.4 Å². The number of hydrogen-bond donors (Lipinski definition) is 6. The Kier molecular flexibility index (Phi) is 7.97. The molecule has 160 valence electrons. The number of aliphatic hydroxyl groups is 6. The molecule has 2 heterocycles. The predicted molar refractivity (Wildman–Crippen MR) is 90.7 cm³/mol. The summed E-state index contributed by atoms with van der Waals surface area (Å²) >= 11 is 0. The summed E-state index contributed by atoms with van der Waals surface area (Å²) in [6.07, 6.45) is -10.4. The van der Waals surface area contributed by atoms with Crippen molar-refractivity contribution < 1.29 is 49.6 Å². The molecule has 27 heavy (non-hydrogen) atoms. The first-order valence-electron chi connectivity index (χ1n) is 9.19. The summed E-state index contributed by atoms with van der Waals surface area (Å²) in [6, 6.07) is 0. The molecule has 0 aliphatic carbocycles. The van der Waals surface area contributed by atoms with Gasteiger partial charge in [-0.15, -0.1) is 0 Å². The fourth-order valence-electron chi connectivity index (χ4n) is 3.10. The highest BCUT2D eigenvalue weighted by atomic mass is 16.7. The lowest BCUT2D eigenvalue weighted by Gasteiger charge is -2.46. The van der Waals surface area contributed by atoms with Crippen molar-refractivity contribution in [3.05, 3.63) is 0 Å². The van der Waals surface area contributed by atoms with E-state index in [-0.39, 0.29) is 6.61 Å². The second kappa shape index (κ2) is 9.40. The largest absolute Gasteiger partial charge is 0.394 e. The molecule has 10 heteroatoms. The molecule has 8 unspecified atom stereocenters. The standard InChI is InChI=1S/C17H32O10/c1-4-17(2,3)27-15-12(22)10(6-19)25-16(13(15)23)26-14-8(20)7-24-9(5-18)11(14)21/h8-16,18-23H,4-7H2,1-3H3/t8-,9?,10?,11?,12?,13?,14?,15?,16?/m1/s1. The summed E-state index contributed by atoms with van der Waals surface area (Å²) < 4.78 is 22.0. The topological polar surface area (TPSA) is 158 Å². The Morgan fingerprint density at radius 3 is 2.07 bits per heavy atom. The molecule has 2 rings (SSSR count). The molecule has 2 fully saturated rings. The van der Waals surface area contributed by atoms with Gasteiger partial charge in [-0.3, -0.25) is 0 Å². The van der Waals surface area contributed by atoms with Gasteiger partial charge in [-0.1, -0.05) is 6.92 Å². The first-order chi connectivity index (χ1) is 12.6. The Hall–Kier alpha value is -0.400. The van der Waals surface area contributed by atoms with Crippen molar-refractivity contribution >= 4 is 0 Å². The zero-order chi connectivity index (χ0) is 20.4. The molecule has 6 N–H and O–H groups in total. The molecule has 0 aromatic rings. The van der Waals surface area contributed by atoms with E-state index in [2.05, 4.69) is 0 Å². The summed E-state index contributed by atoms with van der Waals surface area (Å²) in [7, 11) is 0. The Labute approximate surface area is 158 Å². The third kappa shape index (κ3) is 5.15. The van der Waals surface area contributed by atoms with Crippen LogP contribution in [0.5, 0.6) is 0 Å². The zero-order valence-electron chi connectivity index (χ0n) is 15.8. The maximum atomic E-state index is 10.6. The van der Waals surface area contributed by atoms with Gasteiger partial charge in [0.25, 0.3) is 0 Å². The van der Waals surface area contributed by atoms with Crippen LogP contribution in [0, 0.1) is 0 Å². The average molecular weight is 396 g/mol. The SMILES string of the molecule is CCC(C)(C)OC1C(O)C(CO)OC(OC2C(O)C(CO)OC[C@H]2O)C1O. The van der Waals surface area contributed by atoms with E-state index in [4.69, 9.17) is 18.9 Å². The highest BCUT2D eigenvalue weighted by Gasteiger charge is 2.50. The number of rotatable bonds is 7. The Morgan fingerprint density at radius 1 is 0.926 bits per heavy atom. The van der Waals surface area contributed by atoms with E-state index in [0.29, 0.717) is 6.42 Å². The van der Waals surface area contributed by atoms with Crippen LogP contribution in [-0.2, 0) is 18.9 Å². The smallest absolute Gasteiger partial charge is 0.187 e. The molecule has 0 saturated carbocycles. The van der Waals surface area contributed by atoms with Crippen molar-refractivity contribution in [2.24, 2.45) is 0 Å². The van der Waals surface area contributed by atoms with Crippen LogP contribution < -0.4 is 0 Å². The molecule has 2 saturated heterocycles.